The van der Waals surface area contributed by atoms with E-state index in [0.29, 0.717) is 0 Å². The minimum atomic E-state index is 0.723. The van der Waals surface area contributed by atoms with Crippen LogP contribution in [-0.4, -0.2) is 20.3 Å². The molecule has 0 heterocycles. The molecule has 0 fully saturated rings. The summed E-state index contributed by atoms with van der Waals surface area (Å²) in [4.78, 5) is 2.48. The van der Waals surface area contributed by atoms with Gasteiger partial charge in [-0.2, -0.15) is 0 Å². The molecule has 5 heteroatoms. The zero-order valence-corrected chi connectivity index (χ0v) is 15.7. The maximum absolute atomic E-state index is 5.06. The summed E-state index contributed by atoms with van der Waals surface area (Å²) in [5.74, 6) is 0. The van der Waals surface area contributed by atoms with E-state index in [4.69, 9.17) is 4.74 Å². The van der Waals surface area contributed by atoms with Crippen molar-refractivity contribution in [2.75, 3.05) is 20.3 Å². The van der Waals surface area contributed by atoms with Crippen molar-refractivity contribution in [2.45, 2.75) is 16.3 Å². The van der Waals surface area contributed by atoms with Crippen molar-refractivity contribution >= 4 is 43.6 Å². The third kappa shape index (κ3) is 5.42. The maximum Gasteiger partial charge on any atom is 0.0587 e. The Hall–Kier alpha value is -0.330. The molecule has 0 saturated carbocycles. The van der Waals surface area contributed by atoms with Crippen LogP contribution in [0.2, 0.25) is 0 Å². The normalized spacial score (nSPS) is 10.8. The van der Waals surface area contributed by atoms with Gasteiger partial charge in [-0.25, -0.2) is 0 Å². The zero-order chi connectivity index (χ0) is 15.1. The van der Waals surface area contributed by atoms with E-state index in [9.17, 15) is 0 Å². The summed E-state index contributed by atoms with van der Waals surface area (Å²) in [6.45, 7) is 2.40. The van der Waals surface area contributed by atoms with Crippen molar-refractivity contribution in [3.8, 4) is 0 Å². The first-order valence-electron chi connectivity index (χ1n) is 6.61. The van der Waals surface area contributed by atoms with Gasteiger partial charge >= 0.3 is 0 Å². The van der Waals surface area contributed by atoms with Crippen molar-refractivity contribution in [3.63, 3.8) is 0 Å². The zero-order valence-electron chi connectivity index (χ0n) is 11.7. The van der Waals surface area contributed by atoms with Crippen molar-refractivity contribution < 1.29 is 4.74 Å². The molecule has 2 rings (SSSR count). The number of rotatable bonds is 7. The number of hydrogen-bond donors (Lipinski definition) is 1. The summed E-state index contributed by atoms with van der Waals surface area (Å²) in [7, 11) is 1.72. The second-order valence-electron chi connectivity index (χ2n) is 4.45. The number of hydrogen-bond acceptors (Lipinski definition) is 3. The van der Waals surface area contributed by atoms with Crippen LogP contribution in [0.3, 0.4) is 0 Å². The third-order valence-electron chi connectivity index (χ3n) is 2.88. The molecule has 0 atom stereocenters. The summed E-state index contributed by atoms with van der Waals surface area (Å²) in [5, 5.41) is 3.40. The summed E-state index contributed by atoms with van der Waals surface area (Å²) in [6.07, 6.45) is 0. The van der Waals surface area contributed by atoms with E-state index in [-0.39, 0.29) is 0 Å². The topological polar surface area (TPSA) is 21.3 Å². The maximum atomic E-state index is 5.06. The Labute approximate surface area is 146 Å². The van der Waals surface area contributed by atoms with Crippen molar-refractivity contribution in [1.29, 1.82) is 0 Å². The average molecular weight is 431 g/mol. The molecular formula is C16H17Br2NOS. The van der Waals surface area contributed by atoms with Crippen molar-refractivity contribution in [1.82, 2.24) is 5.32 Å². The molecule has 0 amide bonds. The molecule has 21 heavy (non-hydrogen) atoms. The Morgan fingerprint density at radius 3 is 2.67 bits per heavy atom. The highest BCUT2D eigenvalue weighted by Crippen LogP contribution is 2.36. The second-order valence-corrected chi connectivity index (χ2v) is 7.31. The molecule has 0 unspecified atom stereocenters. The molecule has 2 aromatic carbocycles. The summed E-state index contributed by atoms with van der Waals surface area (Å²) >= 11 is 8.93. The molecule has 0 aliphatic rings. The average Bonchev–Trinajstić information content (AvgIpc) is 2.48. The highest BCUT2D eigenvalue weighted by atomic mass is 79.9. The van der Waals surface area contributed by atoms with Crippen LogP contribution in [-0.2, 0) is 11.3 Å². The van der Waals surface area contributed by atoms with Gasteiger partial charge in [0.1, 0.15) is 0 Å². The van der Waals surface area contributed by atoms with Crippen LogP contribution >= 0.6 is 43.6 Å². The van der Waals surface area contributed by atoms with Gasteiger partial charge in [0.15, 0.2) is 0 Å². The van der Waals surface area contributed by atoms with E-state index in [0.717, 1.165) is 28.6 Å². The molecule has 0 spiro atoms. The lowest BCUT2D eigenvalue weighted by atomic mass is 10.2. The first-order chi connectivity index (χ1) is 10.2. The van der Waals surface area contributed by atoms with Gasteiger partial charge in [-0.1, -0.05) is 39.8 Å². The highest BCUT2D eigenvalue weighted by molar-refractivity contribution is 9.10. The van der Waals surface area contributed by atoms with Gasteiger partial charge < -0.3 is 10.1 Å². The van der Waals surface area contributed by atoms with Crippen LogP contribution in [0.1, 0.15) is 5.56 Å². The Kier molecular flexibility index (Phi) is 7.26. The minimum Gasteiger partial charge on any atom is -0.383 e. The smallest absolute Gasteiger partial charge is 0.0587 e. The Balaban J connectivity index is 2.13. The largest absolute Gasteiger partial charge is 0.383 e. The predicted octanol–water partition coefficient (Wildman–Crippen LogP) is 5.10. The number of methoxy groups -OCH3 is 1. The fourth-order valence-electron chi connectivity index (χ4n) is 1.83. The lowest BCUT2D eigenvalue weighted by Crippen LogP contribution is -2.18. The van der Waals surface area contributed by atoms with Gasteiger partial charge in [0.05, 0.1) is 6.61 Å². The summed E-state index contributed by atoms with van der Waals surface area (Å²) in [6, 6.07) is 14.7. The van der Waals surface area contributed by atoms with E-state index < -0.39 is 0 Å². The lowest BCUT2D eigenvalue weighted by Gasteiger charge is -2.12. The van der Waals surface area contributed by atoms with Gasteiger partial charge in [-0.15, -0.1) is 0 Å². The minimum absolute atomic E-state index is 0.723. The Morgan fingerprint density at radius 2 is 1.90 bits per heavy atom. The van der Waals surface area contributed by atoms with Gasteiger partial charge in [0, 0.05) is 38.9 Å². The van der Waals surface area contributed by atoms with E-state index in [1.807, 2.05) is 6.07 Å². The van der Waals surface area contributed by atoms with Crippen molar-refractivity contribution in [2.24, 2.45) is 0 Å². The van der Waals surface area contributed by atoms with Gasteiger partial charge in [0.25, 0.3) is 0 Å². The SMILES string of the molecule is COCCNCc1cc(Br)ccc1Sc1ccccc1Br. The molecule has 0 radical (unpaired) electrons. The Bertz CT molecular complexity index is 592. The summed E-state index contributed by atoms with van der Waals surface area (Å²) < 4.78 is 7.28. The van der Waals surface area contributed by atoms with Crippen LogP contribution in [0.5, 0.6) is 0 Å². The van der Waals surface area contributed by atoms with Gasteiger partial charge in [-0.05, 0) is 51.8 Å². The molecule has 0 aromatic heterocycles. The van der Waals surface area contributed by atoms with Crippen molar-refractivity contribution in [3.05, 3.63) is 57.0 Å². The number of nitrogens with one attached hydrogen (secondary N) is 1. The second kappa shape index (κ2) is 8.96. The fourth-order valence-corrected chi connectivity index (χ4v) is 3.71. The van der Waals surface area contributed by atoms with Crippen LogP contribution in [0, 0.1) is 0 Å². The molecule has 0 saturated heterocycles. The fraction of sp³-hybridized carbons (Fsp3) is 0.250. The molecule has 0 aliphatic carbocycles. The predicted molar refractivity (Wildman–Crippen MR) is 96.0 cm³/mol. The van der Waals surface area contributed by atoms with Gasteiger partial charge in [-0.3, -0.25) is 0 Å². The molecule has 0 aliphatic heterocycles. The van der Waals surface area contributed by atoms with E-state index in [2.05, 4.69) is 73.6 Å². The van der Waals surface area contributed by atoms with E-state index in [1.54, 1.807) is 18.9 Å². The third-order valence-corrected chi connectivity index (χ3v) is 5.52. The van der Waals surface area contributed by atoms with Crippen LogP contribution in [0.15, 0.2) is 61.2 Å². The monoisotopic (exact) mass is 429 g/mol. The quantitative estimate of drug-likeness (QED) is 0.617. The molecule has 1 N–H and O–H groups in total. The van der Waals surface area contributed by atoms with Crippen LogP contribution in [0.4, 0.5) is 0 Å². The van der Waals surface area contributed by atoms with E-state index in [1.165, 1.54) is 15.4 Å². The molecule has 2 aromatic rings. The first-order valence-corrected chi connectivity index (χ1v) is 9.01. The number of halogens is 2. The summed E-state index contributed by atoms with van der Waals surface area (Å²) in [5.41, 5.74) is 1.28. The van der Waals surface area contributed by atoms with Crippen LogP contribution < -0.4 is 5.32 Å². The standard InChI is InChI=1S/C16H17Br2NOS/c1-20-9-8-19-11-12-10-13(17)6-7-15(12)21-16-5-3-2-4-14(16)18/h2-7,10,19H,8-9,11H2,1H3. The molecular weight excluding hydrogens is 414 g/mol. The molecule has 112 valence electrons. The number of ether oxygens (including phenoxy) is 1. The van der Waals surface area contributed by atoms with Gasteiger partial charge in [0.2, 0.25) is 0 Å². The highest BCUT2D eigenvalue weighted by Gasteiger charge is 2.07. The number of benzene rings is 2. The molecule has 0 bridgehead atoms. The Morgan fingerprint density at radius 1 is 1.10 bits per heavy atom. The van der Waals surface area contributed by atoms with E-state index >= 15 is 0 Å². The molecule has 2 nitrogen and oxygen atoms in total. The first kappa shape index (κ1) is 17.0. The lowest BCUT2D eigenvalue weighted by molar-refractivity contribution is 0.199. The van der Waals surface area contributed by atoms with Crippen LogP contribution in [0.25, 0.3) is 0 Å².